The third-order valence-corrected chi connectivity index (χ3v) is 5.18. The van der Waals surface area contributed by atoms with E-state index in [4.69, 9.17) is 19.0 Å². The largest absolute Gasteiger partial charge is 0.456 e. The number of cyclic esters (lactones) is 1. The van der Waals surface area contributed by atoms with Gasteiger partial charge in [0.15, 0.2) is 0 Å². The fraction of sp³-hybridized carbons (Fsp3) is 0.304. The summed E-state index contributed by atoms with van der Waals surface area (Å²) < 4.78 is 15.7. The average Bonchev–Trinajstić information content (AvgIpc) is 3.41. The first-order chi connectivity index (χ1) is 16.0. The van der Waals surface area contributed by atoms with Crippen molar-refractivity contribution in [3.63, 3.8) is 0 Å². The normalized spacial score (nSPS) is 22.1. The van der Waals surface area contributed by atoms with Gasteiger partial charge in [-0.1, -0.05) is 60.7 Å². The molecule has 10 heteroatoms. The van der Waals surface area contributed by atoms with E-state index in [-0.39, 0.29) is 32.7 Å². The fourth-order valence-electron chi connectivity index (χ4n) is 3.49. The number of benzene rings is 2. The lowest BCUT2D eigenvalue weighted by atomic mass is 10.1. The molecule has 2 aliphatic heterocycles. The van der Waals surface area contributed by atoms with Gasteiger partial charge >= 0.3 is 23.8 Å². The first kappa shape index (κ1) is 22.3. The second-order valence-electron chi connectivity index (χ2n) is 7.51. The molecule has 4 rings (SSSR count). The Balaban J connectivity index is 1.39. The molecule has 0 radical (unpaired) electrons. The maximum atomic E-state index is 12.9. The minimum atomic E-state index is -2.05. The third-order valence-electron chi connectivity index (χ3n) is 5.18. The van der Waals surface area contributed by atoms with E-state index in [0.29, 0.717) is 5.06 Å². The van der Waals surface area contributed by atoms with Gasteiger partial charge in [0.25, 0.3) is 5.91 Å². The van der Waals surface area contributed by atoms with Crippen molar-refractivity contribution >= 4 is 23.9 Å². The Morgan fingerprint density at radius 1 is 0.970 bits per heavy atom. The summed E-state index contributed by atoms with van der Waals surface area (Å²) in [6.45, 7) is -0.315. The van der Waals surface area contributed by atoms with Gasteiger partial charge in [0.2, 0.25) is 0 Å². The van der Waals surface area contributed by atoms with Crippen LogP contribution in [0.1, 0.15) is 24.0 Å². The van der Waals surface area contributed by atoms with E-state index in [1.54, 1.807) is 36.4 Å². The van der Waals surface area contributed by atoms with Crippen molar-refractivity contribution in [2.24, 2.45) is 0 Å². The summed E-state index contributed by atoms with van der Waals surface area (Å²) in [5, 5.41) is 3.10. The van der Waals surface area contributed by atoms with Crippen LogP contribution in [0.15, 0.2) is 60.7 Å². The van der Waals surface area contributed by atoms with Crippen LogP contribution < -0.4 is 5.32 Å². The molecule has 0 aromatic heterocycles. The molecule has 2 aromatic rings. The number of nitrogens with zero attached hydrogens (tertiary/aromatic N) is 1. The van der Waals surface area contributed by atoms with Gasteiger partial charge in [-0.05, 0) is 11.1 Å². The van der Waals surface area contributed by atoms with Crippen LogP contribution in [-0.4, -0.2) is 47.4 Å². The predicted molar refractivity (Wildman–Crippen MR) is 111 cm³/mol. The molecule has 2 atom stereocenters. The SMILES string of the molecule is O=C1CCC(C(=O)OCc2ccccc2)(N2OCC(NC(=O)OCc3ccccc3)C2=O)O1. The standard InChI is InChI=1S/C23H22N2O8/c26-19-11-12-23(33-19,21(28)30-13-16-7-3-1-4-8-16)25-20(27)18(15-32-25)24-22(29)31-14-17-9-5-2-6-10-17/h1-10,18H,11-15H2,(H,24,29). The topological polar surface area (TPSA) is 120 Å². The molecule has 2 amide bonds. The highest BCUT2D eigenvalue weighted by Gasteiger charge is 2.60. The highest BCUT2D eigenvalue weighted by Crippen LogP contribution is 2.35. The zero-order chi connectivity index (χ0) is 23.3. The number of hydroxylamine groups is 2. The third kappa shape index (κ3) is 4.96. The van der Waals surface area contributed by atoms with Gasteiger partial charge in [-0.25, -0.2) is 9.59 Å². The molecular formula is C23H22N2O8. The molecule has 2 heterocycles. The van der Waals surface area contributed by atoms with E-state index >= 15 is 0 Å². The number of ether oxygens (including phenoxy) is 3. The maximum Gasteiger partial charge on any atom is 0.408 e. The van der Waals surface area contributed by atoms with Crippen LogP contribution in [0.2, 0.25) is 0 Å². The van der Waals surface area contributed by atoms with Crippen LogP contribution in [0.25, 0.3) is 0 Å². The zero-order valence-corrected chi connectivity index (χ0v) is 17.6. The number of amides is 2. The maximum absolute atomic E-state index is 12.9. The summed E-state index contributed by atoms with van der Waals surface area (Å²) in [6, 6.07) is 16.8. The molecular weight excluding hydrogens is 432 g/mol. The van der Waals surface area contributed by atoms with Crippen LogP contribution in [-0.2, 0) is 46.6 Å². The van der Waals surface area contributed by atoms with Crippen molar-refractivity contribution in [3.8, 4) is 0 Å². The Bertz CT molecular complexity index is 1030. The Hall–Kier alpha value is -3.92. The lowest BCUT2D eigenvalue weighted by Gasteiger charge is -2.32. The van der Waals surface area contributed by atoms with Crippen LogP contribution in [0.4, 0.5) is 4.79 Å². The molecule has 10 nitrogen and oxygen atoms in total. The summed E-state index contributed by atoms with van der Waals surface area (Å²) in [5.41, 5.74) is -0.547. The van der Waals surface area contributed by atoms with Crippen LogP contribution in [0.3, 0.4) is 0 Å². The van der Waals surface area contributed by atoms with Gasteiger partial charge in [-0.3, -0.25) is 14.4 Å². The quantitative estimate of drug-likeness (QED) is 0.497. The van der Waals surface area contributed by atoms with Crippen molar-refractivity contribution in [1.82, 2.24) is 10.4 Å². The molecule has 172 valence electrons. The van der Waals surface area contributed by atoms with Crippen molar-refractivity contribution < 1.29 is 38.2 Å². The Kier molecular flexibility index (Phi) is 6.55. The number of hydrogen-bond acceptors (Lipinski definition) is 8. The molecule has 2 aromatic carbocycles. The molecule has 0 saturated carbocycles. The number of nitrogens with one attached hydrogen (secondary N) is 1. The minimum absolute atomic E-state index is 0.0194. The summed E-state index contributed by atoms with van der Waals surface area (Å²) >= 11 is 0. The van der Waals surface area contributed by atoms with Gasteiger partial charge in [0.05, 0.1) is 6.42 Å². The van der Waals surface area contributed by atoms with Crippen molar-refractivity contribution in [1.29, 1.82) is 0 Å². The second-order valence-corrected chi connectivity index (χ2v) is 7.51. The smallest absolute Gasteiger partial charge is 0.408 e. The zero-order valence-electron chi connectivity index (χ0n) is 17.6. The van der Waals surface area contributed by atoms with Crippen LogP contribution in [0, 0.1) is 0 Å². The van der Waals surface area contributed by atoms with Gasteiger partial charge in [0, 0.05) is 6.42 Å². The van der Waals surface area contributed by atoms with E-state index in [1.165, 1.54) is 0 Å². The first-order valence-electron chi connectivity index (χ1n) is 10.3. The van der Waals surface area contributed by atoms with Crippen LogP contribution in [0.5, 0.6) is 0 Å². The number of rotatable bonds is 7. The van der Waals surface area contributed by atoms with Gasteiger partial charge in [-0.2, -0.15) is 5.06 Å². The highest BCUT2D eigenvalue weighted by molar-refractivity contribution is 5.94. The molecule has 2 unspecified atom stereocenters. The molecule has 0 aliphatic carbocycles. The lowest BCUT2D eigenvalue weighted by Crippen LogP contribution is -2.57. The van der Waals surface area contributed by atoms with E-state index in [9.17, 15) is 19.2 Å². The number of hydrogen-bond donors (Lipinski definition) is 1. The molecule has 1 N–H and O–H groups in total. The molecule has 2 fully saturated rings. The minimum Gasteiger partial charge on any atom is -0.456 e. The summed E-state index contributed by atoms with van der Waals surface area (Å²) in [6.07, 6.45) is -1.05. The van der Waals surface area contributed by atoms with E-state index in [1.807, 2.05) is 24.3 Å². The van der Waals surface area contributed by atoms with Crippen molar-refractivity contribution in [2.75, 3.05) is 6.61 Å². The monoisotopic (exact) mass is 454 g/mol. The molecule has 2 aliphatic rings. The predicted octanol–water partition coefficient (Wildman–Crippen LogP) is 1.83. The summed E-state index contributed by atoms with van der Waals surface area (Å²) in [4.78, 5) is 55.2. The van der Waals surface area contributed by atoms with Gasteiger partial charge in [0.1, 0.15) is 25.9 Å². The molecule has 0 bridgehead atoms. The number of alkyl carbamates (subject to hydrolysis) is 1. The van der Waals surface area contributed by atoms with Gasteiger partial charge in [-0.15, -0.1) is 0 Å². The fourth-order valence-corrected chi connectivity index (χ4v) is 3.49. The van der Waals surface area contributed by atoms with Gasteiger partial charge < -0.3 is 19.5 Å². The van der Waals surface area contributed by atoms with Crippen molar-refractivity contribution in [3.05, 3.63) is 71.8 Å². The molecule has 2 saturated heterocycles. The summed E-state index contributed by atoms with van der Waals surface area (Å²) in [7, 11) is 0. The molecule has 33 heavy (non-hydrogen) atoms. The Labute approximate surface area is 189 Å². The summed E-state index contributed by atoms with van der Waals surface area (Å²) in [5.74, 6) is -2.35. The van der Waals surface area contributed by atoms with E-state index in [2.05, 4.69) is 5.32 Å². The van der Waals surface area contributed by atoms with Crippen molar-refractivity contribution in [2.45, 2.75) is 37.8 Å². The first-order valence-corrected chi connectivity index (χ1v) is 10.3. The number of esters is 2. The lowest BCUT2D eigenvalue weighted by molar-refractivity contribution is -0.259. The Morgan fingerprint density at radius 2 is 1.58 bits per heavy atom. The van der Waals surface area contributed by atoms with E-state index in [0.717, 1.165) is 11.1 Å². The highest BCUT2D eigenvalue weighted by atomic mass is 16.8. The number of carbonyl (C=O) groups excluding carboxylic acids is 4. The average molecular weight is 454 g/mol. The number of carbonyl (C=O) groups is 4. The van der Waals surface area contributed by atoms with Crippen LogP contribution >= 0.6 is 0 Å². The van der Waals surface area contributed by atoms with E-state index < -0.39 is 35.7 Å². The second kappa shape index (κ2) is 9.70. The Morgan fingerprint density at radius 3 is 2.15 bits per heavy atom. The molecule has 0 spiro atoms.